The van der Waals surface area contributed by atoms with Crippen LogP contribution in [-0.4, -0.2) is 36.7 Å². The molecule has 0 heterocycles. The third-order valence-corrected chi connectivity index (χ3v) is 4.42. The minimum atomic E-state index is -4.03. The van der Waals surface area contributed by atoms with Crippen molar-refractivity contribution in [1.82, 2.24) is 4.72 Å². The molecule has 6 nitrogen and oxygen atoms in total. The van der Waals surface area contributed by atoms with Gasteiger partial charge in [0.25, 0.3) is 0 Å². The van der Waals surface area contributed by atoms with Crippen molar-refractivity contribution in [3.63, 3.8) is 0 Å². The zero-order valence-electron chi connectivity index (χ0n) is 10.4. The average Bonchev–Trinajstić information content (AvgIpc) is 2.29. The van der Waals surface area contributed by atoms with Gasteiger partial charge >= 0.3 is 5.97 Å². The lowest BCUT2D eigenvalue weighted by molar-refractivity contribution is -0.141. The Morgan fingerprint density at radius 1 is 1.50 bits per heavy atom. The molecule has 0 radical (unpaired) electrons. The van der Waals surface area contributed by atoms with E-state index in [0.29, 0.717) is 0 Å². The first-order valence-corrected chi connectivity index (χ1v) is 7.70. The number of rotatable bonds is 6. The summed E-state index contributed by atoms with van der Waals surface area (Å²) in [5, 5.41) is 18.3. The molecule has 1 rings (SSSR count). The quantitative estimate of drug-likeness (QED) is 0.696. The molecule has 0 aliphatic heterocycles. The molecular formula is C11H13BrFNO5S. The minimum Gasteiger partial charge on any atom is -0.481 e. The molecule has 112 valence electrons. The number of benzene rings is 1. The van der Waals surface area contributed by atoms with E-state index >= 15 is 0 Å². The van der Waals surface area contributed by atoms with Crippen molar-refractivity contribution >= 4 is 31.9 Å². The van der Waals surface area contributed by atoms with Gasteiger partial charge in [-0.3, -0.25) is 4.79 Å². The maximum atomic E-state index is 13.3. The van der Waals surface area contributed by atoms with E-state index in [-0.39, 0.29) is 9.37 Å². The average molecular weight is 370 g/mol. The van der Waals surface area contributed by atoms with Gasteiger partial charge in [0, 0.05) is 6.54 Å². The molecule has 9 heteroatoms. The van der Waals surface area contributed by atoms with Crippen LogP contribution in [0.2, 0.25) is 0 Å². The van der Waals surface area contributed by atoms with Crippen molar-refractivity contribution in [3.8, 4) is 0 Å². The number of carboxylic acids is 1. The fourth-order valence-corrected chi connectivity index (χ4v) is 2.79. The van der Waals surface area contributed by atoms with Crippen molar-refractivity contribution < 1.29 is 27.8 Å². The third kappa shape index (κ3) is 4.82. The lowest BCUT2D eigenvalue weighted by atomic mass is 10.0. The molecule has 1 aromatic carbocycles. The molecule has 20 heavy (non-hydrogen) atoms. The summed E-state index contributed by atoms with van der Waals surface area (Å²) in [6.07, 6.45) is -0.621. The van der Waals surface area contributed by atoms with Crippen molar-refractivity contribution in [2.45, 2.75) is 23.8 Å². The van der Waals surface area contributed by atoms with Crippen LogP contribution in [0.15, 0.2) is 27.6 Å². The van der Waals surface area contributed by atoms with Gasteiger partial charge in [-0.15, -0.1) is 0 Å². The second kappa shape index (κ2) is 6.17. The Kier molecular flexibility index (Phi) is 5.25. The van der Waals surface area contributed by atoms with E-state index < -0.39 is 40.4 Å². The van der Waals surface area contributed by atoms with Gasteiger partial charge in [-0.1, -0.05) is 0 Å². The first-order valence-electron chi connectivity index (χ1n) is 5.42. The summed E-state index contributed by atoms with van der Waals surface area (Å²) in [5.41, 5.74) is -1.74. The highest BCUT2D eigenvalue weighted by Crippen LogP contribution is 2.19. The molecule has 0 bridgehead atoms. The molecule has 1 unspecified atom stereocenters. The van der Waals surface area contributed by atoms with Crippen LogP contribution in [0.4, 0.5) is 4.39 Å². The largest absolute Gasteiger partial charge is 0.481 e. The monoisotopic (exact) mass is 369 g/mol. The highest BCUT2D eigenvalue weighted by molar-refractivity contribution is 9.10. The van der Waals surface area contributed by atoms with E-state index in [9.17, 15) is 22.7 Å². The fraction of sp³-hybridized carbons (Fsp3) is 0.364. The van der Waals surface area contributed by atoms with Crippen molar-refractivity contribution in [2.75, 3.05) is 6.54 Å². The molecule has 1 atom stereocenters. The molecule has 1 aromatic rings. The SMILES string of the molecule is CC(O)(CNS(=O)(=O)c1ccc(Br)c(F)c1)CC(=O)O. The minimum absolute atomic E-state index is 0.120. The Morgan fingerprint density at radius 2 is 2.10 bits per heavy atom. The van der Waals surface area contributed by atoms with E-state index in [2.05, 4.69) is 15.9 Å². The van der Waals surface area contributed by atoms with Crippen molar-refractivity contribution in [2.24, 2.45) is 0 Å². The highest BCUT2D eigenvalue weighted by atomic mass is 79.9. The first-order chi connectivity index (χ1) is 9.03. The van der Waals surface area contributed by atoms with Gasteiger partial charge in [0.05, 0.1) is 21.4 Å². The number of aliphatic carboxylic acids is 1. The predicted molar refractivity (Wildman–Crippen MR) is 72.2 cm³/mol. The van der Waals surface area contributed by atoms with E-state index in [1.165, 1.54) is 19.1 Å². The van der Waals surface area contributed by atoms with Gasteiger partial charge in [-0.05, 0) is 41.1 Å². The van der Waals surface area contributed by atoms with Gasteiger partial charge < -0.3 is 10.2 Å². The van der Waals surface area contributed by atoms with Crippen molar-refractivity contribution in [1.29, 1.82) is 0 Å². The first kappa shape index (κ1) is 17.0. The standard InChI is InChI=1S/C11H13BrFNO5S/c1-11(17,5-10(15)16)6-14-20(18,19)7-2-3-8(12)9(13)4-7/h2-4,14,17H,5-6H2,1H3,(H,15,16). The third-order valence-electron chi connectivity index (χ3n) is 2.38. The lowest BCUT2D eigenvalue weighted by Crippen LogP contribution is -2.42. The topological polar surface area (TPSA) is 104 Å². The Labute approximate surface area is 123 Å². The van der Waals surface area contributed by atoms with Gasteiger partial charge in [-0.2, -0.15) is 0 Å². The smallest absolute Gasteiger partial charge is 0.306 e. The summed E-state index contributed by atoms with van der Waals surface area (Å²) in [7, 11) is -4.03. The summed E-state index contributed by atoms with van der Waals surface area (Å²) in [4.78, 5) is 10.2. The van der Waals surface area contributed by atoms with Crippen LogP contribution < -0.4 is 4.72 Å². The number of carboxylic acid groups (broad SMARTS) is 1. The zero-order chi connectivity index (χ0) is 15.6. The van der Waals surface area contributed by atoms with Crippen LogP contribution in [0.1, 0.15) is 13.3 Å². The number of carbonyl (C=O) groups is 1. The van der Waals surface area contributed by atoms with Crippen LogP contribution in [-0.2, 0) is 14.8 Å². The Bertz CT molecular complexity index is 617. The number of sulfonamides is 1. The molecule has 0 aliphatic rings. The molecule has 0 fully saturated rings. The molecule has 0 aliphatic carbocycles. The summed E-state index contributed by atoms with van der Waals surface area (Å²) in [5.74, 6) is -2.01. The van der Waals surface area contributed by atoms with Crippen molar-refractivity contribution in [3.05, 3.63) is 28.5 Å². The maximum Gasteiger partial charge on any atom is 0.306 e. The van der Waals surface area contributed by atoms with Crippen LogP contribution in [0, 0.1) is 5.82 Å². The number of halogens is 2. The van der Waals surface area contributed by atoms with Gasteiger partial charge in [0.15, 0.2) is 0 Å². The summed E-state index contributed by atoms with van der Waals surface area (Å²) in [6.45, 7) is 0.686. The lowest BCUT2D eigenvalue weighted by Gasteiger charge is -2.21. The van der Waals surface area contributed by atoms with Crippen LogP contribution in [0.3, 0.4) is 0 Å². The number of aliphatic hydroxyl groups is 1. The summed E-state index contributed by atoms with van der Waals surface area (Å²) in [6, 6.07) is 3.24. The molecule has 3 N–H and O–H groups in total. The van der Waals surface area contributed by atoms with Gasteiger partial charge in [0.1, 0.15) is 5.82 Å². The van der Waals surface area contributed by atoms with E-state index in [4.69, 9.17) is 5.11 Å². The van der Waals surface area contributed by atoms with E-state index in [1.54, 1.807) is 0 Å². The van der Waals surface area contributed by atoms with Gasteiger partial charge in [-0.25, -0.2) is 17.5 Å². The number of hydrogen-bond acceptors (Lipinski definition) is 4. The van der Waals surface area contributed by atoms with Gasteiger partial charge in [0.2, 0.25) is 10.0 Å². The summed E-state index contributed by atoms with van der Waals surface area (Å²) >= 11 is 2.90. The molecule has 0 saturated heterocycles. The fourth-order valence-electron chi connectivity index (χ4n) is 1.37. The molecule has 0 spiro atoms. The zero-order valence-corrected chi connectivity index (χ0v) is 12.8. The van der Waals surface area contributed by atoms with Crippen LogP contribution in [0.25, 0.3) is 0 Å². The maximum absolute atomic E-state index is 13.3. The Hall–Kier alpha value is -1.03. The van der Waals surface area contributed by atoms with E-state index in [1.807, 2.05) is 4.72 Å². The Balaban J connectivity index is 2.85. The predicted octanol–water partition coefficient (Wildman–Crippen LogP) is 1.09. The second-order valence-electron chi connectivity index (χ2n) is 4.47. The second-order valence-corrected chi connectivity index (χ2v) is 7.09. The van der Waals surface area contributed by atoms with Crippen LogP contribution >= 0.6 is 15.9 Å². The molecule has 0 amide bonds. The normalized spacial score (nSPS) is 14.8. The highest BCUT2D eigenvalue weighted by Gasteiger charge is 2.27. The van der Waals surface area contributed by atoms with Crippen LogP contribution in [0.5, 0.6) is 0 Å². The molecule has 0 saturated carbocycles. The Morgan fingerprint density at radius 3 is 2.60 bits per heavy atom. The number of nitrogens with one attached hydrogen (secondary N) is 1. The number of hydrogen-bond donors (Lipinski definition) is 3. The summed E-state index contributed by atoms with van der Waals surface area (Å²) < 4.78 is 39.2. The molecular weight excluding hydrogens is 357 g/mol. The molecule has 0 aromatic heterocycles. The van der Waals surface area contributed by atoms with E-state index in [0.717, 1.165) is 6.07 Å².